The number of carbonyl (C=O) groups is 2. The first kappa shape index (κ1) is 33.4. The van der Waals surface area contributed by atoms with Gasteiger partial charge >= 0.3 is 10.2 Å². The Morgan fingerprint density at radius 1 is 0.979 bits per heavy atom. The zero-order chi connectivity index (χ0) is 32.8. The van der Waals surface area contributed by atoms with Crippen LogP contribution in [0.2, 0.25) is 0 Å². The SMILES string of the molecule is COc1ccc2c(c1)[C@@H]1C[C@]1(C(=O)N1C3CCC1CN(C)C3)Cn1c-2c(C2CCCCC2)c2ccc(C(=O)NS(=O)(=O)N(C)C)cc21.S. The van der Waals surface area contributed by atoms with Gasteiger partial charge in [-0.15, -0.1) is 0 Å². The second kappa shape index (κ2) is 12.1. The maximum absolute atomic E-state index is 15.0. The highest BCUT2D eigenvalue weighted by atomic mass is 32.2. The number of likely N-dealkylation sites (tertiary alicyclic amines) is 1. The van der Waals surface area contributed by atoms with Gasteiger partial charge in [0.15, 0.2) is 0 Å². The molecule has 2 saturated carbocycles. The van der Waals surface area contributed by atoms with E-state index in [1.807, 2.05) is 18.2 Å². The van der Waals surface area contributed by atoms with Crippen LogP contribution in [0.3, 0.4) is 0 Å². The third-order valence-corrected chi connectivity index (χ3v) is 13.2. The van der Waals surface area contributed by atoms with E-state index in [-0.39, 0.29) is 43.0 Å². The van der Waals surface area contributed by atoms with Crippen LogP contribution in [0.5, 0.6) is 5.75 Å². The summed E-state index contributed by atoms with van der Waals surface area (Å²) in [5.74, 6) is 0.822. The lowest BCUT2D eigenvalue weighted by atomic mass is 9.81. The van der Waals surface area contributed by atoms with E-state index in [2.05, 4.69) is 38.3 Å². The highest BCUT2D eigenvalue weighted by Gasteiger charge is 2.65. The number of benzene rings is 2. The highest BCUT2D eigenvalue weighted by Crippen LogP contribution is 2.66. The summed E-state index contributed by atoms with van der Waals surface area (Å²) in [4.78, 5) is 33.0. The minimum atomic E-state index is -3.96. The number of ether oxygens (including phenoxy) is 1. The molecule has 1 aromatic heterocycles. The van der Waals surface area contributed by atoms with E-state index in [1.54, 1.807) is 13.2 Å². The van der Waals surface area contributed by atoms with Crippen LogP contribution >= 0.6 is 13.5 Å². The number of carbonyl (C=O) groups excluding carboxylic acids is 2. The lowest BCUT2D eigenvalue weighted by Gasteiger charge is -2.41. The van der Waals surface area contributed by atoms with Crippen LogP contribution in [0.15, 0.2) is 36.4 Å². The van der Waals surface area contributed by atoms with Crippen molar-refractivity contribution < 1.29 is 22.7 Å². The summed E-state index contributed by atoms with van der Waals surface area (Å²) in [6.07, 6.45) is 8.64. The summed E-state index contributed by atoms with van der Waals surface area (Å²) in [6.45, 7) is 2.34. The maximum Gasteiger partial charge on any atom is 0.303 e. The van der Waals surface area contributed by atoms with Crippen LogP contribution in [-0.2, 0) is 21.5 Å². The lowest BCUT2D eigenvalue weighted by Crippen LogP contribution is -2.57. The van der Waals surface area contributed by atoms with Crippen LogP contribution in [-0.4, -0.2) is 92.3 Å². The summed E-state index contributed by atoms with van der Waals surface area (Å²) in [5, 5.41) is 1.09. The summed E-state index contributed by atoms with van der Waals surface area (Å²) in [6, 6.07) is 12.4. The van der Waals surface area contributed by atoms with Crippen molar-refractivity contribution in [2.75, 3.05) is 41.3 Å². The highest BCUT2D eigenvalue weighted by molar-refractivity contribution is 7.87. The van der Waals surface area contributed by atoms with Crippen molar-refractivity contribution in [2.24, 2.45) is 5.41 Å². The summed E-state index contributed by atoms with van der Waals surface area (Å²) >= 11 is 0. The Bertz CT molecular complexity index is 1890. The first-order chi connectivity index (χ1) is 22.5. The molecule has 2 bridgehead atoms. The fourth-order valence-corrected chi connectivity index (χ4v) is 9.93. The Balaban J connectivity index is 0.00000364. The van der Waals surface area contributed by atoms with Crippen molar-refractivity contribution in [2.45, 2.75) is 81.8 Å². The predicted octanol–water partition coefficient (Wildman–Crippen LogP) is 4.81. The second-order valence-corrected chi connectivity index (χ2v) is 16.7. The third kappa shape index (κ3) is 5.16. The Morgan fingerprint density at radius 2 is 1.69 bits per heavy atom. The Kier molecular flexibility index (Phi) is 8.41. The van der Waals surface area contributed by atoms with Gasteiger partial charge in [-0.2, -0.15) is 26.2 Å². The van der Waals surface area contributed by atoms with Gasteiger partial charge < -0.3 is 19.1 Å². The van der Waals surface area contributed by atoms with Crippen LogP contribution in [0.25, 0.3) is 22.2 Å². The molecule has 0 radical (unpaired) electrons. The Labute approximate surface area is 290 Å². The number of likely N-dealkylation sites (N-methyl/N-ethyl adjacent to an activating group) is 1. The molecule has 2 unspecified atom stereocenters. The minimum Gasteiger partial charge on any atom is -0.497 e. The summed E-state index contributed by atoms with van der Waals surface area (Å²) in [5.41, 5.74) is 5.33. The van der Waals surface area contributed by atoms with Crippen molar-refractivity contribution in [1.29, 1.82) is 0 Å². The number of nitrogens with one attached hydrogen (secondary N) is 1. The van der Waals surface area contributed by atoms with Gasteiger partial charge in [-0.1, -0.05) is 25.3 Å². The molecule has 4 fully saturated rings. The molecule has 10 nitrogen and oxygen atoms in total. The first-order valence-corrected chi connectivity index (χ1v) is 18.6. The maximum atomic E-state index is 15.0. The van der Waals surface area contributed by atoms with Gasteiger partial charge in [-0.3, -0.25) is 9.59 Å². The molecule has 2 aromatic carbocycles. The van der Waals surface area contributed by atoms with E-state index < -0.39 is 21.5 Å². The molecule has 0 spiro atoms. The summed E-state index contributed by atoms with van der Waals surface area (Å²) in [7, 11) is 2.67. The van der Waals surface area contributed by atoms with Gasteiger partial charge in [0, 0.05) is 73.8 Å². The third-order valence-electron chi connectivity index (χ3n) is 11.8. The second-order valence-electron chi connectivity index (χ2n) is 14.8. The number of methoxy groups -OCH3 is 1. The van der Waals surface area contributed by atoms with Crippen LogP contribution < -0.4 is 9.46 Å². The molecule has 4 heterocycles. The molecule has 2 amide bonds. The average Bonchev–Trinajstić information content (AvgIpc) is 3.64. The van der Waals surface area contributed by atoms with Crippen molar-refractivity contribution in [3.63, 3.8) is 0 Å². The smallest absolute Gasteiger partial charge is 0.303 e. The number of aromatic nitrogens is 1. The fourth-order valence-electron chi connectivity index (χ4n) is 9.39. The fraction of sp³-hybridized carbons (Fsp3) is 0.556. The van der Waals surface area contributed by atoms with Crippen molar-refractivity contribution in [3.05, 3.63) is 53.1 Å². The van der Waals surface area contributed by atoms with Gasteiger partial charge in [0.2, 0.25) is 5.91 Å². The monoisotopic (exact) mass is 693 g/mol. The van der Waals surface area contributed by atoms with Crippen molar-refractivity contribution >= 4 is 46.4 Å². The molecule has 2 aliphatic carbocycles. The molecule has 4 atom stereocenters. The normalized spacial score (nSPS) is 26.7. The largest absolute Gasteiger partial charge is 0.497 e. The zero-order valence-corrected chi connectivity index (χ0v) is 30.1. The number of hydrogen-bond donors (Lipinski definition) is 1. The Hall–Kier alpha value is -3.06. The van der Waals surface area contributed by atoms with E-state index in [1.165, 1.54) is 44.5 Å². The number of rotatable bonds is 6. The number of nitrogens with zero attached hydrogens (tertiary/aromatic N) is 4. The molecular formula is C36H47N5O5S2. The summed E-state index contributed by atoms with van der Waals surface area (Å²) < 4.78 is 36.4. The van der Waals surface area contributed by atoms with E-state index in [9.17, 15) is 18.0 Å². The predicted molar refractivity (Wildman–Crippen MR) is 191 cm³/mol. The van der Waals surface area contributed by atoms with Gasteiger partial charge in [-0.05, 0) is 86.5 Å². The zero-order valence-electron chi connectivity index (χ0n) is 28.3. The standard InChI is InChI=1S/C36H45N5O5S.H2S/c1-38(2)47(44,45)37-34(42)23-10-14-28-31(16-23)40-21-36(35(43)41-24-11-12-25(41)20-39(3)19-24)18-30(36)29-17-26(46-4)13-15-27(29)33(40)32(28)22-8-6-5-7-9-22;/h10,13-17,22,24-25,30H,5-9,11-12,18-21H2,1-4H3,(H,37,42);1H2/t24?,25?,30-,36-;/m0./s1. The molecule has 3 aromatic rings. The molecule has 8 rings (SSSR count). The van der Waals surface area contributed by atoms with E-state index >= 15 is 0 Å². The van der Waals surface area contributed by atoms with Gasteiger partial charge in [0.05, 0.1) is 18.2 Å². The van der Waals surface area contributed by atoms with E-state index in [4.69, 9.17) is 4.74 Å². The van der Waals surface area contributed by atoms with Crippen molar-refractivity contribution in [1.82, 2.24) is 23.4 Å². The van der Waals surface area contributed by atoms with E-state index in [0.29, 0.717) is 12.5 Å². The molecule has 258 valence electrons. The molecule has 3 aliphatic heterocycles. The quantitative estimate of drug-likeness (QED) is 0.398. The van der Waals surface area contributed by atoms with Crippen LogP contribution in [0.1, 0.15) is 84.7 Å². The van der Waals surface area contributed by atoms with E-state index in [0.717, 1.165) is 77.4 Å². The number of fused-ring (bicyclic) bond motifs is 9. The molecule has 1 N–H and O–H groups in total. The lowest BCUT2D eigenvalue weighted by molar-refractivity contribution is -0.143. The average molecular weight is 694 g/mol. The number of amides is 2. The first-order valence-electron chi connectivity index (χ1n) is 17.1. The molecule has 48 heavy (non-hydrogen) atoms. The Morgan fingerprint density at radius 3 is 2.35 bits per heavy atom. The van der Waals surface area contributed by atoms with Crippen molar-refractivity contribution in [3.8, 4) is 17.0 Å². The number of hydrogen-bond acceptors (Lipinski definition) is 6. The topological polar surface area (TPSA) is 104 Å². The van der Waals surface area contributed by atoms with Gasteiger partial charge in [-0.25, -0.2) is 4.72 Å². The van der Waals surface area contributed by atoms with Gasteiger partial charge in [0.25, 0.3) is 5.91 Å². The molecular weight excluding hydrogens is 647 g/mol. The van der Waals surface area contributed by atoms with Crippen LogP contribution in [0, 0.1) is 5.41 Å². The van der Waals surface area contributed by atoms with Crippen LogP contribution in [0.4, 0.5) is 0 Å². The number of piperazine rings is 1. The van der Waals surface area contributed by atoms with Gasteiger partial charge in [0.1, 0.15) is 5.75 Å². The molecule has 5 aliphatic rings. The minimum absolute atomic E-state index is 0. The molecule has 2 saturated heterocycles. The molecule has 12 heteroatoms.